The summed E-state index contributed by atoms with van der Waals surface area (Å²) in [5, 5.41) is 50.5. The number of carboxylic acids is 3. The van der Waals surface area contributed by atoms with Gasteiger partial charge in [0.15, 0.2) is 0 Å². The zero-order valence-corrected chi connectivity index (χ0v) is 14.3. The molecule has 0 aliphatic heterocycles. The van der Waals surface area contributed by atoms with Crippen LogP contribution >= 0.6 is 37.9 Å². The molecule has 23 heavy (non-hydrogen) atoms. The van der Waals surface area contributed by atoms with Gasteiger partial charge in [0.1, 0.15) is 15.7 Å². The molecule has 6 N–H and O–H groups in total. The molecule has 0 fully saturated rings. The molecule has 9 nitrogen and oxygen atoms in total. The Hall–Kier alpha value is -0.660. The van der Waals surface area contributed by atoms with Crippen LogP contribution in [0.1, 0.15) is 0 Å². The van der Waals surface area contributed by atoms with Crippen LogP contribution in [-0.2, 0) is 14.4 Å². The van der Waals surface area contributed by atoms with E-state index in [0.29, 0.717) is 0 Å². The molecule has 0 aromatic heterocycles. The van der Waals surface area contributed by atoms with Crippen molar-refractivity contribution in [3.63, 3.8) is 0 Å². The molecule has 0 aromatic carbocycles. The van der Waals surface area contributed by atoms with E-state index >= 15 is 0 Å². The molecule has 3 atom stereocenters. The van der Waals surface area contributed by atoms with Crippen LogP contribution in [0.15, 0.2) is 0 Å². The quantitative estimate of drug-likeness (QED) is 0.193. The van der Waals surface area contributed by atoms with Crippen LogP contribution in [0.3, 0.4) is 0 Å². The standard InChI is InChI=1S/C11H18O9S3/c12-1-10(2-13,3-14)11(4(21)7(15)16,5(22)8(17)18)6(23)9(19)20/h4-6,12-14,21-23H,1-3H2,(H,15,16)(H,17,18)(H,19,20). The summed E-state index contributed by atoms with van der Waals surface area (Å²) in [6.45, 7) is -3.38. The smallest absolute Gasteiger partial charge is 0.317 e. The molecule has 0 aromatic rings. The molecule has 0 radical (unpaired) electrons. The molecular weight excluding hydrogens is 372 g/mol. The van der Waals surface area contributed by atoms with Crippen molar-refractivity contribution in [1.82, 2.24) is 0 Å². The van der Waals surface area contributed by atoms with Crippen molar-refractivity contribution in [2.75, 3.05) is 19.8 Å². The van der Waals surface area contributed by atoms with Crippen molar-refractivity contribution in [2.24, 2.45) is 10.8 Å². The Kier molecular flexibility index (Phi) is 8.20. The number of aliphatic hydroxyl groups excluding tert-OH is 3. The zero-order valence-electron chi connectivity index (χ0n) is 11.6. The lowest BCUT2D eigenvalue weighted by Crippen LogP contribution is -2.68. The minimum Gasteiger partial charge on any atom is -0.480 e. The lowest BCUT2D eigenvalue weighted by atomic mass is 9.57. The van der Waals surface area contributed by atoms with Crippen molar-refractivity contribution in [2.45, 2.75) is 15.7 Å². The predicted molar refractivity (Wildman–Crippen MR) is 87.4 cm³/mol. The summed E-state index contributed by atoms with van der Waals surface area (Å²) in [5.41, 5.74) is -4.81. The third-order valence-corrected chi connectivity index (χ3v) is 5.83. The maximum atomic E-state index is 11.4. The van der Waals surface area contributed by atoms with Crippen molar-refractivity contribution in [3.05, 3.63) is 0 Å². The van der Waals surface area contributed by atoms with Gasteiger partial charge in [0.05, 0.1) is 25.2 Å². The molecule has 0 saturated heterocycles. The third-order valence-electron chi connectivity index (χ3n) is 3.89. The highest BCUT2D eigenvalue weighted by molar-refractivity contribution is 7.84. The molecule has 0 spiro atoms. The topological polar surface area (TPSA) is 173 Å². The summed E-state index contributed by atoms with van der Waals surface area (Å²) in [6, 6.07) is 0. The van der Waals surface area contributed by atoms with E-state index in [4.69, 9.17) is 0 Å². The van der Waals surface area contributed by atoms with Crippen molar-refractivity contribution in [3.8, 4) is 0 Å². The third kappa shape index (κ3) is 3.56. The first-order chi connectivity index (χ1) is 10.5. The Morgan fingerprint density at radius 2 is 0.913 bits per heavy atom. The largest absolute Gasteiger partial charge is 0.480 e. The maximum absolute atomic E-state index is 11.4. The Bertz CT molecular complexity index is 407. The normalized spacial score (nSPS) is 18.5. The van der Waals surface area contributed by atoms with Crippen molar-refractivity contribution < 1.29 is 45.0 Å². The van der Waals surface area contributed by atoms with E-state index in [-0.39, 0.29) is 0 Å². The van der Waals surface area contributed by atoms with Crippen LogP contribution in [0, 0.1) is 10.8 Å². The van der Waals surface area contributed by atoms with E-state index in [2.05, 4.69) is 37.9 Å². The molecular formula is C11H18O9S3. The first kappa shape index (κ1) is 22.3. The van der Waals surface area contributed by atoms with Gasteiger partial charge >= 0.3 is 17.9 Å². The van der Waals surface area contributed by atoms with Crippen LogP contribution in [0.25, 0.3) is 0 Å². The molecule has 12 heteroatoms. The second-order valence-corrected chi connectivity index (χ2v) is 6.46. The minimum atomic E-state index is -2.55. The van der Waals surface area contributed by atoms with Gasteiger partial charge < -0.3 is 30.6 Å². The Labute approximate surface area is 147 Å². The van der Waals surface area contributed by atoms with Gasteiger partial charge in [-0.2, -0.15) is 37.9 Å². The number of thiol groups is 3. The fraction of sp³-hybridized carbons (Fsp3) is 0.727. The van der Waals surface area contributed by atoms with E-state index in [1.807, 2.05) is 0 Å². The fourth-order valence-corrected chi connectivity index (χ4v) is 4.56. The van der Waals surface area contributed by atoms with E-state index in [1.54, 1.807) is 0 Å². The summed E-state index contributed by atoms with van der Waals surface area (Å²) in [7, 11) is 0. The van der Waals surface area contributed by atoms with Gasteiger partial charge in [0.25, 0.3) is 0 Å². The molecule has 0 heterocycles. The number of aliphatic hydroxyl groups is 3. The number of hydrogen-bond acceptors (Lipinski definition) is 9. The van der Waals surface area contributed by atoms with Crippen molar-refractivity contribution >= 4 is 55.8 Å². The lowest BCUT2D eigenvalue weighted by molar-refractivity contribution is -0.160. The van der Waals surface area contributed by atoms with Crippen LogP contribution < -0.4 is 0 Å². The summed E-state index contributed by atoms with van der Waals surface area (Å²) in [4.78, 5) is 34.3. The highest BCUT2D eigenvalue weighted by atomic mass is 32.1. The summed E-state index contributed by atoms with van der Waals surface area (Å²) < 4.78 is 0. The van der Waals surface area contributed by atoms with E-state index < -0.39 is 64.3 Å². The van der Waals surface area contributed by atoms with Gasteiger partial charge in [-0.05, 0) is 0 Å². The Balaban J connectivity index is 6.90. The highest BCUT2D eigenvalue weighted by Crippen LogP contribution is 2.53. The molecule has 0 amide bonds. The average molecular weight is 390 g/mol. The van der Waals surface area contributed by atoms with Gasteiger partial charge in [-0.15, -0.1) is 0 Å². The number of carboxylic acid groups (broad SMARTS) is 3. The van der Waals surface area contributed by atoms with Gasteiger partial charge in [0.2, 0.25) is 0 Å². The van der Waals surface area contributed by atoms with Gasteiger partial charge in [0, 0.05) is 5.41 Å². The van der Waals surface area contributed by atoms with Gasteiger partial charge in [-0.25, -0.2) is 0 Å². The number of rotatable bonds is 10. The first-order valence-electron chi connectivity index (χ1n) is 6.05. The monoisotopic (exact) mass is 390 g/mol. The SMILES string of the molecule is O=C(O)C(S)C(C(S)C(=O)O)(C(S)C(=O)O)C(CO)(CO)CO. The number of hydrogen-bond donors (Lipinski definition) is 9. The second-order valence-electron chi connectivity index (χ2n) is 4.91. The molecule has 3 unspecified atom stereocenters. The highest BCUT2D eigenvalue weighted by Gasteiger charge is 2.66. The molecule has 0 rings (SSSR count). The summed E-state index contributed by atoms with van der Waals surface area (Å²) in [6.07, 6.45) is 0. The minimum absolute atomic E-state index is 1.13. The van der Waals surface area contributed by atoms with Gasteiger partial charge in [-0.1, -0.05) is 0 Å². The molecule has 134 valence electrons. The number of carbonyl (C=O) groups is 3. The first-order valence-corrected chi connectivity index (χ1v) is 7.60. The summed E-state index contributed by atoms with van der Waals surface area (Å²) in [5.74, 6) is -5.18. The predicted octanol–water partition coefficient (Wildman–Crippen LogP) is -1.91. The molecule has 0 aliphatic carbocycles. The Morgan fingerprint density at radius 1 is 0.696 bits per heavy atom. The Morgan fingerprint density at radius 3 is 1.04 bits per heavy atom. The van der Waals surface area contributed by atoms with E-state index in [0.717, 1.165) is 0 Å². The van der Waals surface area contributed by atoms with E-state index in [1.165, 1.54) is 0 Å². The van der Waals surface area contributed by atoms with Crippen LogP contribution in [-0.4, -0.2) is 84.1 Å². The fourth-order valence-electron chi connectivity index (χ4n) is 2.49. The van der Waals surface area contributed by atoms with Gasteiger partial charge in [-0.3, -0.25) is 14.4 Å². The second kappa shape index (κ2) is 8.44. The van der Waals surface area contributed by atoms with E-state index in [9.17, 15) is 45.0 Å². The summed E-state index contributed by atoms with van der Waals surface area (Å²) >= 11 is 11.3. The average Bonchev–Trinajstić information content (AvgIpc) is 2.50. The molecule has 0 aliphatic rings. The zero-order chi connectivity index (χ0) is 18.6. The van der Waals surface area contributed by atoms with Crippen molar-refractivity contribution in [1.29, 1.82) is 0 Å². The van der Waals surface area contributed by atoms with Crippen LogP contribution in [0.5, 0.6) is 0 Å². The maximum Gasteiger partial charge on any atom is 0.317 e. The molecule has 0 bridgehead atoms. The van der Waals surface area contributed by atoms with Crippen LogP contribution in [0.2, 0.25) is 0 Å². The van der Waals surface area contributed by atoms with Crippen LogP contribution in [0.4, 0.5) is 0 Å². The number of aliphatic carboxylic acids is 3. The molecule has 0 saturated carbocycles. The lowest BCUT2D eigenvalue weighted by Gasteiger charge is -2.53.